The molecule has 2 aromatic rings. The lowest BCUT2D eigenvalue weighted by Gasteiger charge is -2.16. The van der Waals surface area contributed by atoms with Gasteiger partial charge in [0, 0.05) is 6.07 Å². The lowest BCUT2D eigenvalue weighted by Crippen LogP contribution is -2.38. The van der Waals surface area contributed by atoms with E-state index in [0.29, 0.717) is 6.07 Å². The van der Waals surface area contributed by atoms with Crippen molar-refractivity contribution in [3.8, 4) is 5.75 Å². The van der Waals surface area contributed by atoms with Crippen LogP contribution in [0.2, 0.25) is 0 Å². The number of amides is 2. The highest BCUT2D eigenvalue weighted by atomic mass is 19.1. The summed E-state index contributed by atoms with van der Waals surface area (Å²) in [5.74, 6) is -2.24. The maximum atomic E-state index is 13.6. The smallest absolute Gasteiger partial charge is 0.254 e. The molecule has 0 aliphatic heterocycles. The lowest BCUT2D eigenvalue weighted by atomic mass is 10.1. The molecular formula is C20H22F2N2O3. The molecule has 0 aliphatic carbocycles. The van der Waals surface area contributed by atoms with Crippen LogP contribution in [0, 0.1) is 11.6 Å². The number of ether oxygens (including phenoxy) is 1. The van der Waals surface area contributed by atoms with Crippen molar-refractivity contribution < 1.29 is 23.1 Å². The zero-order chi connectivity index (χ0) is 20.0. The molecule has 0 aromatic heterocycles. The summed E-state index contributed by atoms with van der Waals surface area (Å²) in [6, 6.07) is 9.65. The Kier molecular flexibility index (Phi) is 6.87. The second-order valence-electron chi connectivity index (χ2n) is 6.33. The Bertz CT molecular complexity index is 807. The average molecular weight is 376 g/mol. The fourth-order valence-corrected chi connectivity index (χ4v) is 2.41. The van der Waals surface area contributed by atoms with Gasteiger partial charge in [-0.1, -0.05) is 12.1 Å². The molecular weight excluding hydrogens is 354 g/mol. The molecule has 0 fully saturated rings. The summed E-state index contributed by atoms with van der Waals surface area (Å²) in [6.07, 6.45) is 0.0718. The van der Waals surface area contributed by atoms with E-state index in [9.17, 15) is 18.4 Å². The van der Waals surface area contributed by atoms with Crippen LogP contribution in [0.1, 0.15) is 42.7 Å². The van der Waals surface area contributed by atoms with Crippen LogP contribution >= 0.6 is 0 Å². The van der Waals surface area contributed by atoms with Crippen molar-refractivity contribution in [1.82, 2.24) is 10.6 Å². The zero-order valence-electron chi connectivity index (χ0n) is 15.4. The van der Waals surface area contributed by atoms with E-state index in [4.69, 9.17) is 4.74 Å². The summed E-state index contributed by atoms with van der Waals surface area (Å²) in [4.78, 5) is 23.9. The minimum Gasteiger partial charge on any atom is -0.491 e. The monoisotopic (exact) mass is 376 g/mol. The van der Waals surface area contributed by atoms with Crippen molar-refractivity contribution in [2.24, 2.45) is 0 Å². The maximum Gasteiger partial charge on any atom is 0.254 e. The molecule has 0 heterocycles. The second-order valence-corrected chi connectivity index (χ2v) is 6.33. The van der Waals surface area contributed by atoms with E-state index in [1.54, 1.807) is 6.92 Å². The molecule has 0 aliphatic rings. The number of halogens is 2. The van der Waals surface area contributed by atoms with Gasteiger partial charge in [-0.3, -0.25) is 9.59 Å². The topological polar surface area (TPSA) is 67.4 Å². The standard InChI is InChI=1S/C20H22F2N2O3/c1-12(2)27-16-7-4-14(5-8-16)13(3)24-19(25)11-23-20(26)17-9-6-15(21)10-18(17)22/h4-10,12-13H,11H2,1-3H3,(H,23,26)(H,24,25). The van der Waals surface area contributed by atoms with Crippen molar-refractivity contribution in [3.63, 3.8) is 0 Å². The number of nitrogens with one attached hydrogen (secondary N) is 2. The van der Waals surface area contributed by atoms with Gasteiger partial charge in [0.2, 0.25) is 5.91 Å². The highest BCUT2D eigenvalue weighted by Gasteiger charge is 2.15. The largest absolute Gasteiger partial charge is 0.491 e. The Balaban J connectivity index is 1.86. The van der Waals surface area contributed by atoms with Crippen LogP contribution in [0.25, 0.3) is 0 Å². The number of carbonyl (C=O) groups is 2. The molecule has 2 rings (SSSR count). The van der Waals surface area contributed by atoms with Gasteiger partial charge < -0.3 is 15.4 Å². The minimum atomic E-state index is -0.981. The summed E-state index contributed by atoms with van der Waals surface area (Å²) in [7, 11) is 0. The van der Waals surface area contributed by atoms with Crippen LogP contribution in [-0.4, -0.2) is 24.5 Å². The Morgan fingerprint density at radius 2 is 1.70 bits per heavy atom. The van der Waals surface area contributed by atoms with Crippen LogP contribution in [-0.2, 0) is 4.79 Å². The summed E-state index contributed by atoms with van der Waals surface area (Å²) in [5.41, 5.74) is 0.549. The second kappa shape index (κ2) is 9.12. The van der Waals surface area contributed by atoms with Crippen LogP contribution in [0.5, 0.6) is 5.75 Å². The first-order valence-electron chi connectivity index (χ1n) is 8.55. The maximum absolute atomic E-state index is 13.6. The van der Waals surface area contributed by atoms with Crippen molar-refractivity contribution >= 4 is 11.8 Å². The predicted octanol–water partition coefficient (Wildman–Crippen LogP) is 3.36. The van der Waals surface area contributed by atoms with E-state index in [-0.39, 0.29) is 24.3 Å². The number of rotatable bonds is 7. The van der Waals surface area contributed by atoms with Gasteiger partial charge in [0.05, 0.1) is 24.3 Å². The molecule has 5 nitrogen and oxygen atoms in total. The molecule has 144 valence electrons. The van der Waals surface area contributed by atoms with Gasteiger partial charge in [-0.15, -0.1) is 0 Å². The minimum absolute atomic E-state index is 0.0718. The molecule has 2 N–H and O–H groups in total. The number of hydrogen-bond acceptors (Lipinski definition) is 3. The molecule has 0 radical (unpaired) electrons. The van der Waals surface area contributed by atoms with E-state index in [1.165, 1.54) is 0 Å². The Labute approximate surface area is 156 Å². The van der Waals surface area contributed by atoms with Crippen LogP contribution in [0.3, 0.4) is 0 Å². The Hall–Kier alpha value is -2.96. The number of benzene rings is 2. The molecule has 2 aromatic carbocycles. The average Bonchev–Trinajstić information content (AvgIpc) is 2.59. The predicted molar refractivity (Wildman–Crippen MR) is 97.5 cm³/mol. The summed E-state index contributed by atoms with van der Waals surface area (Å²) in [6.45, 7) is 5.35. The van der Waals surface area contributed by atoms with Gasteiger partial charge >= 0.3 is 0 Å². The van der Waals surface area contributed by atoms with Gasteiger partial charge in [0.15, 0.2) is 0 Å². The number of hydrogen-bond donors (Lipinski definition) is 2. The zero-order valence-corrected chi connectivity index (χ0v) is 15.4. The third-order valence-corrected chi connectivity index (χ3v) is 3.71. The van der Waals surface area contributed by atoms with Gasteiger partial charge in [0.1, 0.15) is 17.4 Å². The van der Waals surface area contributed by atoms with Crippen LogP contribution in [0.4, 0.5) is 8.78 Å². The quantitative estimate of drug-likeness (QED) is 0.779. The summed E-state index contributed by atoms with van der Waals surface area (Å²) < 4.78 is 32.0. The summed E-state index contributed by atoms with van der Waals surface area (Å²) in [5, 5.41) is 5.05. The van der Waals surface area contributed by atoms with Crippen molar-refractivity contribution in [2.45, 2.75) is 32.9 Å². The number of carbonyl (C=O) groups excluding carboxylic acids is 2. The lowest BCUT2D eigenvalue weighted by molar-refractivity contribution is -0.120. The van der Waals surface area contributed by atoms with E-state index >= 15 is 0 Å². The molecule has 0 saturated heterocycles. The van der Waals surface area contributed by atoms with Gasteiger partial charge in [-0.2, -0.15) is 0 Å². The molecule has 27 heavy (non-hydrogen) atoms. The third-order valence-electron chi connectivity index (χ3n) is 3.71. The molecule has 1 atom stereocenters. The van der Waals surface area contributed by atoms with Gasteiger partial charge in [-0.05, 0) is 50.6 Å². The normalized spacial score (nSPS) is 11.8. The van der Waals surface area contributed by atoms with Crippen molar-refractivity contribution in [1.29, 1.82) is 0 Å². The molecule has 1 unspecified atom stereocenters. The third kappa shape index (κ3) is 6.06. The van der Waals surface area contributed by atoms with E-state index in [1.807, 2.05) is 38.1 Å². The van der Waals surface area contributed by atoms with Crippen molar-refractivity contribution in [3.05, 3.63) is 65.2 Å². The van der Waals surface area contributed by atoms with E-state index < -0.39 is 23.4 Å². The SMILES string of the molecule is CC(C)Oc1ccc(C(C)NC(=O)CNC(=O)c2ccc(F)cc2F)cc1. The first-order chi connectivity index (χ1) is 12.8. The molecule has 0 saturated carbocycles. The summed E-state index contributed by atoms with van der Waals surface area (Å²) >= 11 is 0. The van der Waals surface area contributed by atoms with Crippen LogP contribution in [0.15, 0.2) is 42.5 Å². The highest BCUT2D eigenvalue weighted by molar-refractivity contribution is 5.96. The van der Waals surface area contributed by atoms with Gasteiger partial charge in [0.25, 0.3) is 5.91 Å². The van der Waals surface area contributed by atoms with E-state index in [2.05, 4.69) is 10.6 Å². The first kappa shape index (κ1) is 20.4. The Morgan fingerprint density at radius 1 is 1.04 bits per heavy atom. The Morgan fingerprint density at radius 3 is 2.30 bits per heavy atom. The van der Waals surface area contributed by atoms with E-state index in [0.717, 1.165) is 23.4 Å². The van der Waals surface area contributed by atoms with Gasteiger partial charge in [-0.25, -0.2) is 8.78 Å². The molecule has 0 spiro atoms. The highest BCUT2D eigenvalue weighted by Crippen LogP contribution is 2.18. The molecule has 0 bridgehead atoms. The van der Waals surface area contributed by atoms with Crippen molar-refractivity contribution in [2.75, 3.05) is 6.54 Å². The fourth-order valence-electron chi connectivity index (χ4n) is 2.41. The first-order valence-corrected chi connectivity index (χ1v) is 8.55. The fraction of sp³-hybridized carbons (Fsp3) is 0.300. The molecule has 7 heteroatoms. The van der Waals surface area contributed by atoms with Crippen LogP contribution < -0.4 is 15.4 Å². The molecule has 2 amide bonds.